The number of allylic oxidation sites excluding steroid dienone is 1. The Kier molecular flexibility index (Phi) is 2.39. The molecule has 0 atom stereocenters. The summed E-state index contributed by atoms with van der Waals surface area (Å²) in [5, 5.41) is 17.8. The lowest BCUT2D eigenvalue weighted by atomic mass is 10.1. The van der Waals surface area contributed by atoms with Crippen LogP contribution in [0.2, 0.25) is 0 Å². The third-order valence-electron chi connectivity index (χ3n) is 2.27. The summed E-state index contributed by atoms with van der Waals surface area (Å²) in [5.41, 5.74) is 1.90. The summed E-state index contributed by atoms with van der Waals surface area (Å²) in [5.74, 6) is 0. The molecule has 1 aliphatic heterocycles. The first-order chi connectivity index (χ1) is 7.36. The maximum atomic E-state index is 8.88. The van der Waals surface area contributed by atoms with Crippen molar-refractivity contribution >= 4 is 5.70 Å². The molecule has 0 amide bonds. The van der Waals surface area contributed by atoms with Crippen molar-refractivity contribution in [2.24, 2.45) is 0 Å². The Morgan fingerprint density at radius 2 is 1.67 bits per heavy atom. The van der Waals surface area contributed by atoms with Gasteiger partial charge in [0.25, 0.3) is 0 Å². The fraction of sp³-hybridized carbons (Fsp3) is 0.167. The van der Waals surface area contributed by atoms with Gasteiger partial charge in [-0.2, -0.15) is 10.5 Å². The quantitative estimate of drug-likeness (QED) is 0.533. The van der Waals surface area contributed by atoms with E-state index in [1.807, 2.05) is 47.4 Å². The van der Waals surface area contributed by atoms with Crippen LogP contribution in [0.15, 0.2) is 35.9 Å². The first kappa shape index (κ1) is 9.30. The first-order valence-corrected chi connectivity index (χ1v) is 4.71. The predicted octanol–water partition coefficient (Wildman–Crippen LogP) is 1.76. The molecule has 2 rings (SSSR count). The topological polar surface area (TPSA) is 50.6 Å². The van der Waals surface area contributed by atoms with E-state index in [1.165, 1.54) is 0 Å². The summed E-state index contributed by atoms with van der Waals surface area (Å²) in [6.45, 7) is 1.86. The lowest BCUT2D eigenvalue weighted by molar-refractivity contribution is 0.802. The zero-order valence-electron chi connectivity index (χ0n) is 8.14. The molecule has 0 radical (unpaired) electrons. The molecule has 1 aromatic carbocycles. The second kappa shape index (κ2) is 3.86. The van der Waals surface area contributed by atoms with Gasteiger partial charge in [0.15, 0.2) is 5.57 Å². The zero-order valence-corrected chi connectivity index (χ0v) is 8.14. The number of benzene rings is 1. The van der Waals surface area contributed by atoms with Crippen LogP contribution in [0.25, 0.3) is 5.70 Å². The van der Waals surface area contributed by atoms with Crippen molar-refractivity contribution in [1.82, 2.24) is 4.90 Å². The van der Waals surface area contributed by atoms with E-state index in [9.17, 15) is 0 Å². The highest BCUT2D eigenvalue weighted by atomic mass is 15.3. The summed E-state index contributed by atoms with van der Waals surface area (Å²) >= 11 is 0. The van der Waals surface area contributed by atoms with Gasteiger partial charge in [0.1, 0.15) is 12.1 Å². The zero-order chi connectivity index (χ0) is 10.7. The molecule has 72 valence electrons. The fourth-order valence-corrected chi connectivity index (χ4v) is 1.49. The maximum Gasteiger partial charge on any atom is 0.153 e. The number of rotatable bonds is 2. The van der Waals surface area contributed by atoms with Crippen molar-refractivity contribution in [2.75, 3.05) is 13.1 Å². The normalized spacial score (nSPS) is 12.5. The Morgan fingerprint density at radius 1 is 1.07 bits per heavy atom. The van der Waals surface area contributed by atoms with Crippen LogP contribution in [0.3, 0.4) is 0 Å². The van der Waals surface area contributed by atoms with Crippen molar-refractivity contribution in [3.63, 3.8) is 0 Å². The van der Waals surface area contributed by atoms with E-state index in [1.54, 1.807) is 0 Å². The van der Waals surface area contributed by atoms with E-state index in [2.05, 4.69) is 0 Å². The Hall–Kier alpha value is -2.26. The molecule has 15 heavy (non-hydrogen) atoms. The highest BCUT2D eigenvalue weighted by Gasteiger charge is 2.25. The molecule has 1 aromatic rings. The number of nitriles is 2. The molecule has 0 aliphatic carbocycles. The predicted molar refractivity (Wildman–Crippen MR) is 56.2 cm³/mol. The van der Waals surface area contributed by atoms with Gasteiger partial charge in [0, 0.05) is 13.1 Å². The largest absolute Gasteiger partial charge is 0.366 e. The van der Waals surface area contributed by atoms with Crippen molar-refractivity contribution < 1.29 is 0 Å². The van der Waals surface area contributed by atoms with Crippen LogP contribution in [0.5, 0.6) is 0 Å². The summed E-state index contributed by atoms with van der Waals surface area (Å²) in [4.78, 5) is 2.02. The van der Waals surface area contributed by atoms with Gasteiger partial charge in [-0.1, -0.05) is 30.3 Å². The summed E-state index contributed by atoms with van der Waals surface area (Å²) in [6.07, 6.45) is 0. The van der Waals surface area contributed by atoms with E-state index in [0.717, 1.165) is 24.4 Å². The Balaban J connectivity index is 2.51. The Labute approximate surface area is 88.5 Å². The SMILES string of the molecule is N#CC(C#N)=C(c1ccccc1)N1CC1. The van der Waals surface area contributed by atoms with Crippen molar-refractivity contribution in [1.29, 1.82) is 10.5 Å². The van der Waals surface area contributed by atoms with Gasteiger partial charge >= 0.3 is 0 Å². The molecule has 1 aliphatic rings. The molecule has 0 unspecified atom stereocenters. The molecule has 0 spiro atoms. The minimum absolute atomic E-state index is 0.193. The number of hydrogen-bond donors (Lipinski definition) is 0. The minimum Gasteiger partial charge on any atom is -0.366 e. The van der Waals surface area contributed by atoms with E-state index < -0.39 is 0 Å². The van der Waals surface area contributed by atoms with Crippen LogP contribution >= 0.6 is 0 Å². The monoisotopic (exact) mass is 195 g/mol. The highest BCUT2D eigenvalue weighted by Crippen LogP contribution is 2.27. The maximum absolute atomic E-state index is 8.88. The molecular weight excluding hydrogens is 186 g/mol. The van der Waals surface area contributed by atoms with Crippen molar-refractivity contribution in [2.45, 2.75) is 0 Å². The average Bonchev–Trinajstić information content (AvgIpc) is 3.11. The Bertz CT molecular complexity index is 454. The molecule has 1 fully saturated rings. The summed E-state index contributed by atoms with van der Waals surface area (Å²) in [6, 6.07) is 13.5. The smallest absolute Gasteiger partial charge is 0.153 e. The van der Waals surface area contributed by atoms with Gasteiger partial charge in [-0.05, 0) is 5.56 Å². The molecule has 0 saturated carbocycles. The third kappa shape index (κ3) is 1.82. The summed E-state index contributed by atoms with van der Waals surface area (Å²) < 4.78 is 0. The second-order valence-electron chi connectivity index (χ2n) is 3.30. The van der Waals surface area contributed by atoms with Crippen LogP contribution in [0, 0.1) is 22.7 Å². The lowest BCUT2D eigenvalue weighted by Gasteiger charge is -2.08. The van der Waals surface area contributed by atoms with E-state index >= 15 is 0 Å². The van der Waals surface area contributed by atoms with E-state index in [4.69, 9.17) is 10.5 Å². The molecule has 0 N–H and O–H groups in total. The molecule has 3 heteroatoms. The second-order valence-corrected chi connectivity index (χ2v) is 3.30. The number of nitrogens with zero attached hydrogens (tertiary/aromatic N) is 3. The third-order valence-corrected chi connectivity index (χ3v) is 2.27. The molecule has 0 aromatic heterocycles. The van der Waals surface area contributed by atoms with Crippen LogP contribution in [0.1, 0.15) is 5.56 Å². The minimum atomic E-state index is 0.193. The van der Waals surface area contributed by atoms with Crippen LogP contribution in [0.4, 0.5) is 0 Å². The lowest BCUT2D eigenvalue weighted by Crippen LogP contribution is -1.99. The van der Waals surface area contributed by atoms with Gasteiger partial charge in [0.2, 0.25) is 0 Å². The molecule has 0 bridgehead atoms. The van der Waals surface area contributed by atoms with Crippen molar-refractivity contribution in [3.05, 3.63) is 41.5 Å². The standard InChI is InChI=1S/C12H9N3/c13-8-11(9-14)12(15-6-7-15)10-4-2-1-3-5-10/h1-5H,6-7H2. The average molecular weight is 195 g/mol. The van der Waals surface area contributed by atoms with E-state index in [0.29, 0.717) is 0 Å². The van der Waals surface area contributed by atoms with Gasteiger partial charge in [0.05, 0.1) is 5.70 Å². The van der Waals surface area contributed by atoms with Gasteiger partial charge in [-0.15, -0.1) is 0 Å². The molecule has 1 saturated heterocycles. The molecule has 3 nitrogen and oxygen atoms in total. The van der Waals surface area contributed by atoms with Crippen LogP contribution in [-0.2, 0) is 0 Å². The van der Waals surface area contributed by atoms with E-state index in [-0.39, 0.29) is 5.57 Å². The van der Waals surface area contributed by atoms with Crippen LogP contribution < -0.4 is 0 Å². The molecule has 1 heterocycles. The van der Waals surface area contributed by atoms with Crippen LogP contribution in [-0.4, -0.2) is 18.0 Å². The van der Waals surface area contributed by atoms with Gasteiger partial charge in [-0.3, -0.25) is 0 Å². The Morgan fingerprint density at radius 3 is 2.13 bits per heavy atom. The van der Waals surface area contributed by atoms with Gasteiger partial charge < -0.3 is 4.90 Å². The van der Waals surface area contributed by atoms with Crippen molar-refractivity contribution in [3.8, 4) is 12.1 Å². The number of hydrogen-bond acceptors (Lipinski definition) is 3. The summed E-state index contributed by atoms with van der Waals surface area (Å²) in [7, 11) is 0. The highest BCUT2D eigenvalue weighted by molar-refractivity contribution is 5.75. The van der Waals surface area contributed by atoms with Gasteiger partial charge in [-0.25, -0.2) is 0 Å². The first-order valence-electron chi connectivity index (χ1n) is 4.71. The fourth-order valence-electron chi connectivity index (χ4n) is 1.49. The molecular formula is C12H9N3.